The van der Waals surface area contributed by atoms with Gasteiger partial charge in [0.05, 0.1) is 0 Å². The maximum atomic E-state index is 4.33. The molecule has 4 nitrogen and oxygen atoms in total. The van der Waals surface area contributed by atoms with Crippen LogP contribution in [0.5, 0.6) is 0 Å². The largest absolute Gasteiger partial charge is 0.290 e. The van der Waals surface area contributed by atoms with E-state index in [4.69, 9.17) is 0 Å². The van der Waals surface area contributed by atoms with Gasteiger partial charge in [0.25, 0.3) is 0 Å². The molecule has 18 heavy (non-hydrogen) atoms. The molecule has 0 unspecified atom stereocenters. The van der Waals surface area contributed by atoms with Crippen LogP contribution in [0.3, 0.4) is 0 Å². The van der Waals surface area contributed by atoms with Crippen LogP contribution in [0.15, 0.2) is 61.6 Å². The minimum atomic E-state index is 0.815. The molecular weight excluding hydrogens is 224 g/mol. The lowest BCUT2D eigenvalue weighted by molar-refractivity contribution is 0.930. The summed E-state index contributed by atoms with van der Waals surface area (Å²) < 4.78 is 1.90. The lowest BCUT2D eigenvalue weighted by atomic mass is 10.1. The molecule has 88 valence electrons. The van der Waals surface area contributed by atoms with Crippen molar-refractivity contribution >= 4 is 0 Å². The van der Waals surface area contributed by atoms with Crippen LogP contribution < -0.4 is 0 Å². The highest BCUT2D eigenvalue weighted by atomic mass is 15.1. The Bertz CT molecular complexity index is 617. The summed E-state index contributed by atoms with van der Waals surface area (Å²) in [5, 5.41) is 0. The summed E-state index contributed by atoms with van der Waals surface area (Å²) in [4.78, 5) is 12.5. The van der Waals surface area contributed by atoms with Gasteiger partial charge in [-0.3, -0.25) is 4.57 Å². The van der Waals surface area contributed by atoms with Gasteiger partial charge < -0.3 is 0 Å². The number of rotatable bonds is 3. The molecule has 0 radical (unpaired) electrons. The van der Waals surface area contributed by atoms with E-state index in [-0.39, 0.29) is 0 Å². The molecule has 3 rings (SSSR count). The Morgan fingerprint density at radius 1 is 1.06 bits per heavy atom. The highest BCUT2D eigenvalue weighted by Gasteiger charge is 2.06. The van der Waals surface area contributed by atoms with E-state index in [0.717, 1.165) is 17.8 Å². The molecule has 0 fully saturated rings. The van der Waals surface area contributed by atoms with E-state index in [1.165, 1.54) is 5.56 Å². The summed E-state index contributed by atoms with van der Waals surface area (Å²) in [6, 6.07) is 10.3. The number of hydrogen-bond acceptors (Lipinski definition) is 3. The predicted molar refractivity (Wildman–Crippen MR) is 68.4 cm³/mol. The summed E-state index contributed by atoms with van der Waals surface area (Å²) in [7, 11) is 0. The zero-order chi connectivity index (χ0) is 12.2. The number of hydrogen-bond donors (Lipinski definition) is 0. The van der Waals surface area contributed by atoms with Crippen LogP contribution in [0, 0.1) is 0 Å². The Balaban J connectivity index is 1.98. The summed E-state index contributed by atoms with van der Waals surface area (Å²) in [5.74, 6) is 0.881. The second kappa shape index (κ2) is 4.79. The fourth-order valence-electron chi connectivity index (χ4n) is 1.91. The smallest absolute Gasteiger partial charge is 0.144 e. The lowest BCUT2D eigenvalue weighted by Crippen LogP contribution is -2.02. The van der Waals surface area contributed by atoms with Gasteiger partial charge in [0.2, 0.25) is 0 Å². The van der Waals surface area contributed by atoms with E-state index in [1.54, 1.807) is 18.9 Å². The van der Waals surface area contributed by atoms with Gasteiger partial charge in [0.15, 0.2) is 0 Å². The van der Waals surface area contributed by atoms with Crippen LogP contribution >= 0.6 is 0 Å². The molecule has 0 saturated carbocycles. The molecule has 0 aliphatic carbocycles. The molecule has 0 N–H and O–H groups in total. The number of aromatic nitrogens is 4. The van der Waals surface area contributed by atoms with Crippen LogP contribution in [0.4, 0.5) is 0 Å². The number of nitrogens with zero attached hydrogens (tertiary/aromatic N) is 4. The molecule has 0 bridgehead atoms. The first-order chi connectivity index (χ1) is 8.93. The van der Waals surface area contributed by atoms with Gasteiger partial charge in [-0.25, -0.2) is 15.0 Å². The Labute approximate surface area is 105 Å². The lowest BCUT2D eigenvalue weighted by Gasteiger charge is -2.08. The van der Waals surface area contributed by atoms with Crippen molar-refractivity contribution in [2.24, 2.45) is 0 Å². The highest BCUT2D eigenvalue weighted by Crippen LogP contribution is 2.14. The second-order valence-electron chi connectivity index (χ2n) is 4.00. The summed E-state index contributed by atoms with van der Waals surface area (Å²) in [5.41, 5.74) is 2.33. The van der Waals surface area contributed by atoms with Crippen molar-refractivity contribution in [3.8, 4) is 5.82 Å². The minimum Gasteiger partial charge on any atom is -0.290 e. The minimum absolute atomic E-state index is 0.815. The van der Waals surface area contributed by atoms with Gasteiger partial charge in [0.1, 0.15) is 18.5 Å². The van der Waals surface area contributed by atoms with Gasteiger partial charge in [0, 0.05) is 30.6 Å². The first kappa shape index (κ1) is 10.7. The molecule has 3 aromatic rings. The van der Waals surface area contributed by atoms with Crippen molar-refractivity contribution in [3.63, 3.8) is 0 Å². The van der Waals surface area contributed by atoms with E-state index >= 15 is 0 Å². The Hall–Kier alpha value is -2.49. The quantitative estimate of drug-likeness (QED) is 0.700. The van der Waals surface area contributed by atoms with Gasteiger partial charge in [-0.15, -0.1) is 0 Å². The van der Waals surface area contributed by atoms with E-state index < -0.39 is 0 Å². The predicted octanol–water partition coefficient (Wildman–Crippen LogP) is 2.25. The van der Waals surface area contributed by atoms with E-state index in [2.05, 4.69) is 27.1 Å². The van der Waals surface area contributed by atoms with Gasteiger partial charge >= 0.3 is 0 Å². The van der Waals surface area contributed by atoms with Crippen LogP contribution in [-0.4, -0.2) is 19.5 Å². The first-order valence-electron chi connectivity index (χ1n) is 5.74. The molecule has 0 aliphatic heterocycles. The van der Waals surface area contributed by atoms with Gasteiger partial charge in [-0.2, -0.15) is 0 Å². The van der Waals surface area contributed by atoms with Crippen LogP contribution in [0.2, 0.25) is 0 Å². The molecule has 0 atom stereocenters. The third-order valence-electron chi connectivity index (χ3n) is 2.75. The summed E-state index contributed by atoms with van der Waals surface area (Å²) in [6.07, 6.45) is 9.61. The maximum absolute atomic E-state index is 4.33. The normalized spacial score (nSPS) is 10.4. The van der Waals surface area contributed by atoms with Crippen LogP contribution in [0.25, 0.3) is 5.82 Å². The third-order valence-corrected chi connectivity index (χ3v) is 2.75. The zero-order valence-corrected chi connectivity index (χ0v) is 9.77. The topological polar surface area (TPSA) is 43.6 Å². The van der Waals surface area contributed by atoms with Crippen molar-refractivity contribution in [2.45, 2.75) is 6.42 Å². The number of imidazole rings is 1. The zero-order valence-electron chi connectivity index (χ0n) is 9.77. The fraction of sp³-hybridized carbons (Fsp3) is 0.0714. The van der Waals surface area contributed by atoms with Crippen LogP contribution in [0.1, 0.15) is 11.1 Å². The van der Waals surface area contributed by atoms with Crippen molar-refractivity contribution in [3.05, 3.63) is 72.7 Å². The van der Waals surface area contributed by atoms with Gasteiger partial charge in [-0.05, 0) is 5.56 Å². The molecule has 0 aliphatic rings. The molecular formula is C14H12N4. The maximum Gasteiger partial charge on any atom is 0.144 e. The van der Waals surface area contributed by atoms with Gasteiger partial charge in [-0.1, -0.05) is 30.3 Å². The second-order valence-corrected chi connectivity index (χ2v) is 4.00. The van der Waals surface area contributed by atoms with Crippen LogP contribution in [-0.2, 0) is 6.42 Å². The Morgan fingerprint density at radius 2 is 1.94 bits per heavy atom. The summed E-state index contributed by atoms with van der Waals surface area (Å²) in [6.45, 7) is 0. The molecule has 2 aromatic heterocycles. The Kier molecular flexibility index (Phi) is 2.84. The van der Waals surface area contributed by atoms with Crippen molar-refractivity contribution in [1.29, 1.82) is 0 Å². The Morgan fingerprint density at radius 3 is 2.72 bits per heavy atom. The van der Waals surface area contributed by atoms with E-state index in [9.17, 15) is 0 Å². The van der Waals surface area contributed by atoms with Crippen molar-refractivity contribution in [1.82, 2.24) is 19.5 Å². The summed E-state index contributed by atoms with van der Waals surface area (Å²) >= 11 is 0. The fourth-order valence-corrected chi connectivity index (χ4v) is 1.91. The molecule has 0 amide bonds. The van der Waals surface area contributed by atoms with E-state index in [1.807, 2.05) is 35.2 Å². The SMILES string of the molecule is c1ccc(Cc2cncnc2-n2ccnc2)cc1. The molecule has 4 heteroatoms. The molecule has 0 saturated heterocycles. The monoisotopic (exact) mass is 236 g/mol. The average molecular weight is 236 g/mol. The third kappa shape index (κ3) is 2.13. The standard InChI is InChI=1S/C14H12N4/c1-2-4-12(5-3-1)8-13-9-16-10-17-14(13)18-7-6-15-11-18/h1-7,9-11H,8H2. The molecule has 2 heterocycles. The van der Waals surface area contributed by atoms with Crippen molar-refractivity contribution in [2.75, 3.05) is 0 Å². The molecule has 1 aromatic carbocycles. The van der Waals surface area contributed by atoms with Crippen molar-refractivity contribution < 1.29 is 0 Å². The average Bonchev–Trinajstić information content (AvgIpc) is 2.94. The molecule has 0 spiro atoms. The number of benzene rings is 1. The highest BCUT2D eigenvalue weighted by molar-refractivity contribution is 5.35. The first-order valence-corrected chi connectivity index (χ1v) is 5.74. The van der Waals surface area contributed by atoms with E-state index in [0.29, 0.717) is 0 Å².